The van der Waals surface area contributed by atoms with Crippen LogP contribution in [0.4, 0.5) is 5.69 Å². The number of nitrogen functional groups attached to an aromatic ring is 1. The van der Waals surface area contributed by atoms with Crippen molar-refractivity contribution in [2.24, 2.45) is 0 Å². The largest absolute Gasteiger partial charge is 0.399 e. The number of rotatable bonds is 4. The molecule has 5 heteroatoms. The lowest BCUT2D eigenvalue weighted by molar-refractivity contribution is -0.121. The summed E-state index contributed by atoms with van der Waals surface area (Å²) in [5.41, 5.74) is 7.23. The van der Waals surface area contributed by atoms with E-state index in [0.717, 1.165) is 31.2 Å². The maximum atomic E-state index is 12.6. The zero-order valence-electron chi connectivity index (χ0n) is 12.7. The van der Waals surface area contributed by atoms with Gasteiger partial charge in [-0.1, -0.05) is 25.3 Å². The van der Waals surface area contributed by atoms with Crippen LogP contribution in [0.1, 0.15) is 44.6 Å². The predicted molar refractivity (Wildman–Crippen MR) is 86.5 cm³/mol. The second-order valence-electron chi connectivity index (χ2n) is 5.81. The van der Waals surface area contributed by atoms with Gasteiger partial charge in [-0.3, -0.25) is 9.00 Å². The number of amides is 1. The van der Waals surface area contributed by atoms with Crippen LogP contribution in [0.3, 0.4) is 0 Å². The van der Waals surface area contributed by atoms with Gasteiger partial charge in [0.1, 0.15) is 5.25 Å². The number of hydrogen-bond donors (Lipinski definition) is 2. The Morgan fingerprint density at radius 3 is 2.67 bits per heavy atom. The average molecular weight is 308 g/mol. The van der Waals surface area contributed by atoms with Gasteiger partial charge in [0.2, 0.25) is 5.91 Å². The molecule has 4 nitrogen and oxygen atoms in total. The SMILES string of the molecule is Cc1ccc(N)cc1S(=O)C(C)C(=O)NC1CCCCC1. The van der Waals surface area contributed by atoms with Gasteiger partial charge in [-0.15, -0.1) is 0 Å². The number of nitrogens with one attached hydrogen (secondary N) is 1. The van der Waals surface area contributed by atoms with Gasteiger partial charge in [0.15, 0.2) is 0 Å². The molecule has 0 aliphatic heterocycles. The number of aryl methyl sites for hydroxylation is 1. The molecule has 1 aromatic carbocycles. The predicted octanol–water partition coefficient (Wildman–Crippen LogP) is 2.52. The van der Waals surface area contributed by atoms with E-state index < -0.39 is 16.0 Å². The van der Waals surface area contributed by atoms with Gasteiger partial charge in [0, 0.05) is 16.6 Å². The molecule has 1 amide bonds. The van der Waals surface area contributed by atoms with Crippen molar-refractivity contribution in [3.8, 4) is 0 Å². The van der Waals surface area contributed by atoms with Gasteiger partial charge in [-0.25, -0.2) is 0 Å². The summed E-state index contributed by atoms with van der Waals surface area (Å²) in [5, 5.41) is 2.48. The molecule has 0 aromatic heterocycles. The third kappa shape index (κ3) is 4.06. The summed E-state index contributed by atoms with van der Waals surface area (Å²) in [6.45, 7) is 3.61. The number of nitrogens with two attached hydrogens (primary N) is 1. The van der Waals surface area contributed by atoms with Crippen LogP contribution in [0.15, 0.2) is 23.1 Å². The lowest BCUT2D eigenvalue weighted by atomic mass is 9.95. The van der Waals surface area contributed by atoms with Crippen molar-refractivity contribution in [1.29, 1.82) is 0 Å². The van der Waals surface area contributed by atoms with Crippen LogP contribution in [0.25, 0.3) is 0 Å². The Bertz CT molecular complexity index is 539. The Hall–Kier alpha value is -1.36. The van der Waals surface area contributed by atoms with Crippen LogP contribution in [0.2, 0.25) is 0 Å². The van der Waals surface area contributed by atoms with Gasteiger partial charge >= 0.3 is 0 Å². The van der Waals surface area contributed by atoms with E-state index >= 15 is 0 Å². The molecule has 1 aliphatic carbocycles. The molecule has 2 unspecified atom stereocenters. The summed E-state index contributed by atoms with van der Waals surface area (Å²) < 4.78 is 12.6. The van der Waals surface area contributed by atoms with Crippen molar-refractivity contribution >= 4 is 22.4 Å². The highest BCUT2D eigenvalue weighted by molar-refractivity contribution is 7.86. The van der Waals surface area contributed by atoms with E-state index in [9.17, 15) is 9.00 Å². The molecule has 0 saturated heterocycles. The van der Waals surface area contributed by atoms with Gasteiger partial charge in [-0.05, 0) is 44.4 Å². The van der Waals surface area contributed by atoms with Crippen LogP contribution >= 0.6 is 0 Å². The molecule has 0 bridgehead atoms. The lowest BCUT2D eigenvalue weighted by Crippen LogP contribution is -2.42. The molecule has 0 radical (unpaired) electrons. The number of benzene rings is 1. The molecule has 0 heterocycles. The first kappa shape index (κ1) is 16.0. The summed E-state index contributed by atoms with van der Waals surface area (Å²) in [4.78, 5) is 12.9. The first-order chi connectivity index (χ1) is 9.99. The Labute approximate surface area is 129 Å². The number of carbonyl (C=O) groups is 1. The van der Waals surface area contributed by atoms with Crippen LogP contribution in [0.5, 0.6) is 0 Å². The number of anilines is 1. The van der Waals surface area contributed by atoms with Crippen LogP contribution in [-0.2, 0) is 15.6 Å². The quantitative estimate of drug-likeness (QED) is 0.840. The highest BCUT2D eigenvalue weighted by Gasteiger charge is 2.25. The van der Waals surface area contributed by atoms with Crippen molar-refractivity contribution in [2.75, 3.05) is 5.73 Å². The van der Waals surface area contributed by atoms with Crippen molar-refractivity contribution in [3.63, 3.8) is 0 Å². The molecule has 116 valence electrons. The fourth-order valence-corrected chi connectivity index (χ4v) is 3.97. The van der Waals surface area contributed by atoms with E-state index in [4.69, 9.17) is 5.73 Å². The zero-order chi connectivity index (χ0) is 15.4. The van der Waals surface area contributed by atoms with E-state index in [1.807, 2.05) is 13.0 Å². The standard InChI is InChI=1S/C16H24N2O2S/c1-11-8-9-13(17)10-15(11)21(20)12(2)16(19)18-14-6-4-3-5-7-14/h8-10,12,14H,3-7,17H2,1-2H3,(H,18,19). The molecule has 1 fully saturated rings. The fourth-order valence-electron chi connectivity index (χ4n) is 2.69. The van der Waals surface area contributed by atoms with Crippen molar-refractivity contribution in [3.05, 3.63) is 23.8 Å². The van der Waals surface area contributed by atoms with E-state index in [1.165, 1.54) is 6.42 Å². The Balaban J connectivity index is 2.04. The van der Waals surface area contributed by atoms with E-state index in [0.29, 0.717) is 10.6 Å². The Kier molecular flexibility index (Phi) is 5.39. The molecule has 1 saturated carbocycles. The van der Waals surface area contributed by atoms with Crippen molar-refractivity contribution < 1.29 is 9.00 Å². The van der Waals surface area contributed by atoms with E-state index in [2.05, 4.69) is 5.32 Å². The maximum Gasteiger partial charge on any atom is 0.236 e. The number of hydrogen-bond acceptors (Lipinski definition) is 3. The first-order valence-electron chi connectivity index (χ1n) is 7.56. The summed E-state index contributed by atoms with van der Waals surface area (Å²) in [7, 11) is -1.38. The topological polar surface area (TPSA) is 72.2 Å². The monoisotopic (exact) mass is 308 g/mol. The summed E-state index contributed by atoms with van der Waals surface area (Å²) in [6, 6.07) is 5.57. The summed E-state index contributed by atoms with van der Waals surface area (Å²) >= 11 is 0. The molecule has 0 spiro atoms. The fraction of sp³-hybridized carbons (Fsp3) is 0.562. The molecular formula is C16H24N2O2S. The maximum absolute atomic E-state index is 12.6. The smallest absolute Gasteiger partial charge is 0.236 e. The van der Waals surface area contributed by atoms with Crippen LogP contribution < -0.4 is 11.1 Å². The minimum absolute atomic E-state index is 0.123. The summed E-state index contributed by atoms with van der Waals surface area (Å²) in [5.74, 6) is -0.123. The normalized spacial score (nSPS) is 19.0. The first-order valence-corrected chi connectivity index (χ1v) is 8.77. The van der Waals surface area contributed by atoms with Gasteiger partial charge in [0.05, 0.1) is 10.8 Å². The van der Waals surface area contributed by atoms with Gasteiger partial charge in [0.25, 0.3) is 0 Å². The second kappa shape index (κ2) is 7.07. The lowest BCUT2D eigenvalue weighted by Gasteiger charge is -2.24. The van der Waals surface area contributed by atoms with Crippen LogP contribution in [0, 0.1) is 6.92 Å². The zero-order valence-corrected chi connectivity index (χ0v) is 13.5. The van der Waals surface area contributed by atoms with E-state index in [1.54, 1.807) is 19.1 Å². The van der Waals surface area contributed by atoms with Gasteiger partial charge < -0.3 is 11.1 Å². The molecule has 2 rings (SSSR count). The van der Waals surface area contributed by atoms with E-state index in [-0.39, 0.29) is 11.9 Å². The molecule has 2 atom stereocenters. The third-order valence-corrected chi connectivity index (χ3v) is 5.80. The second-order valence-corrected chi connectivity index (χ2v) is 7.55. The van der Waals surface area contributed by atoms with Crippen molar-refractivity contribution in [2.45, 2.75) is 62.1 Å². The average Bonchev–Trinajstić information content (AvgIpc) is 2.49. The highest BCUT2D eigenvalue weighted by atomic mass is 32.2. The third-order valence-electron chi connectivity index (χ3n) is 4.07. The number of carbonyl (C=O) groups excluding carboxylic acids is 1. The molecule has 1 aromatic rings. The molecular weight excluding hydrogens is 284 g/mol. The summed E-state index contributed by atoms with van der Waals surface area (Å²) in [6.07, 6.45) is 5.63. The molecule has 1 aliphatic rings. The minimum Gasteiger partial charge on any atom is -0.399 e. The van der Waals surface area contributed by atoms with Gasteiger partial charge in [-0.2, -0.15) is 0 Å². The minimum atomic E-state index is -1.38. The van der Waals surface area contributed by atoms with Crippen LogP contribution in [-0.4, -0.2) is 21.4 Å². The highest BCUT2D eigenvalue weighted by Crippen LogP contribution is 2.21. The molecule has 3 N–H and O–H groups in total. The molecule has 21 heavy (non-hydrogen) atoms. The Morgan fingerprint density at radius 1 is 1.33 bits per heavy atom. The Morgan fingerprint density at radius 2 is 2.00 bits per heavy atom. The van der Waals surface area contributed by atoms with Crippen molar-refractivity contribution in [1.82, 2.24) is 5.32 Å².